The molecule has 1 N–H and O–H groups in total. The number of nitrogens with zero attached hydrogens (tertiary/aromatic N) is 1. The number of halogens is 4. The van der Waals surface area contributed by atoms with Gasteiger partial charge in [0.15, 0.2) is 6.04 Å². The Balaban J connectivity index is 1.64. The summed E-state index contributed by atoms with van der Waals surface area (Å²) in [5.41, 5.74) is -0.461. The van der Waals surface area contributed by atoms with Crippen molar-refractivity contribution < 1.29 is 32.3 Å². The van der Waals surface area contributed by atoms with Crippen LogP contribution in [0.25, 0.3) is 17.4 Å². The lowest BCUT2D eigenvalue weighted by molar-refractivity contribution is -0.145. The topological polar surface area (TPSA) is 70.8 Å². The molecule has 34 heavy (non-hydrogen) atoms. The van der Waals surface area contributed by atoms with Gasteiger partial charge in [0.25, 0.3) is 5.91 Å². The number of furan rings is 1. The Hall–Kier alpha value is -3.08. The molecule has 174 valence electrons. The fourth-order valence-electron chi connectivity index (χ4n) is 3.33. The maximum Gasteiger partial charge on any atom is 0.416 e. The first-order chi connectivity index (χ1) is 16.1. The van der Waals surface area contributed by atoms with Crippen molar-refractivity contribution in [2.75, 3.05) is 0 Å². The lowest BCUT2D eigenvalue weighted by Crippen LogP contribution is -2.37. The highest BCUT2D eigenvalue weighted by Crippen LogP contribution is 2.40. The second kappa shape index (κ2) is 9.28. The lowest BCUT2D eigenvalue weighted by Gasteiger charge is -2.23. The van der Waals surface area contributed by atoms with Crippen LogP contribution in [0.1, 0.15) is 22.9 Å². The molecule has 1 aliphatic rings. The first kappa shape index (κ1) is 24.1. The van der Waals surface area contributed by atoms with E-state index >= 15 is 0 Å². The largest absolute Gasteiger partial charge is 0.479 e. The van der Waals surface area contributed by atoms with Gasteiger partial charge in [-0.1, -0.05) is 65.9 Å². The summed E-state index contributed by atoms with van der Waals surface area (Å²) in [5, 5.41) is 9.80. The molecule has 2 aromatic carbocycles. The number of rotatable bonds is 5. The number of alkyl halides is 3. The summed E-state index contributed by atoms with van der Waals surface area (Å²) in [4.78, 5) is 26.1. The zero-order valence-corrected chi connectivity index (χ0v) is 19.3. The Morgan fingerprint density at radius 2 is 1.85 bits per heavy atom. The van der Waals surface area contributed by atoms with Gasteiger partial charge in [0.1, 0.15) is 15.8 Å². The van der Waals surface area contributed by atoms with Gasteiger partial charge in [0.2, 0.25) is 0 Å². The fraction of sp³-hybridized carbons (Fsp3) is 0.0870. The normalized spacial score (nSPS) is 16.4. The van der Waals surface area contributed by atoms with E-state index in [0.717, 1.165) is 34.9 Å². The Bertz CT molecular complexity index is 1320. The standard InChI is InChI=1S/C23H13ClF3NO4S2/c24-16-8-6-13(23(25,26)27)10-15(16)17-9-7-14(32-17)11-18-20(29)28(22(33)34-18)19(21(30)31)12-4-2-1-3-5-12/h1-11,19H,(H,30,31)/b18-11-. The number of carbonyl (C=O) groups excluding carboxylic acids is 1. The summed E-state index contributed by atoms with van der Waals surface area (Å²) in [5.74, 6) is -1.63. The number of thioether (sulfide) groups is 1. The molecule has 1 aromatic heterocycles. The van der Waals surface area contributed by atoms with Gasteiger partial charge in [-0.2, -0.15) is 13.2 Å². The molecule has 1 amide bonds. The maximum absolute atomic E-state index is 13.1. The third-order valence-electron chi connectivity index (χ3n) is 4.89. The van der Waals surface area contributed by atoms with E-state index in [-0.39, 0.29) is 31.3 Å². The van der Waals surface area contributed by atoms with Crippen LogP contribution < -0.4 is 0 Å². The molecule has 3 aromatic rings. The van der Waals surface area contributed by atoms with Crippen LogP contribution >= 0.6 is 35.6 Å². The number of aliphatic carboxylic acids is 1. The Kier molecular flexibility index (Phi) is 6.57. The second-order valence-corrected chi connectivity index (χ2v) is 9.18. The summed E-state index contributed by atoms with van der Waals surface area (Å²) in [6.07, 6.45) is -3.20. The van der Waals surface area contributed by atoms with Crippen LogP contribution in [0.15, 0.2) is 70.0 Å². The van der Waals surface area contributed by atoms with Crippen LogP contribution in [-0.2, 0) is 15.8 Å². The monoisotopic (exact) mass is 523 g/mol. The SMILES string of the molecule is O=C(O)C(c1ccccc1)N1C(=O)/C(=C/c2ccc(-c3cc(C(F)(F)F)ccc3Cl)o2)SC1=S. The lowest BCUT2D eigenvalue weighted by atomic mass is 10.1. The average molecular weight is 524 g/mol. The summed E-state index contributed by atoms with van der Waals surface area (Å²) < 4.78 is 44.9. The first-order valence-corrected chi connectivity index (χ1v) is 11.2. The molecule has 0 aliphatic carbocycles. The molecule has 1 atom stereocenters. The van der Waals surface area contributed by atoms with Gasteiger partial charge in [0.05, 0.1) is 15.5 Å². The van der Waals surface area contributed by atoms with Crippen LogP contribution in [0.5, 0.6) is 0 Å². The van der Waals surface area contributed by atoms with Crippen molar-refractivity contribution in [3.8, 4) is 11.3 Å². The average Bonchev–Trinajstić information content (AvgIpc) is 3.34. The molecule has 1 aliphatic heterocycles. The number of hydrogen-bond donors (Lipinski definition) is 1. The smallest absolute Gasteiger partial charge is 0.416 e. The van der Waals surface area contributed by atoms with Crippen molar-refractivity contribution in [2.45, 2.75) is 12.2 Å². The van der Waals surface area contributed by atoms with Crippen LogP contribution in [0, 0.1) is 0 Å². The van der Waals surface area contributed by atoms with E-state index in [4.69, 9.17) is 28.2 Å². The van der Waals surface area contributed by atoms with E-state index in [1.165, 1.54) is 18.2 Å². The van der Waals surface area contributed by atoms with Gasteiger partial charge in [0, 0.05) is 11.6 Å². The molecule has 11 heteroatoms. The predicted molar refractivity (Wildman–Crippen MR) is 126 cm³/mol. The summed E-state index contributed by atoms with van der Waals surface area (Å²) in [6, 6.07) is 12.6. The summed E-state index contributed by atoms with van der Waals surface area (Å²) >= 11 is 12.2. The van der Waals surface area contributed by atoms with E-state index in [9.17, 15) is 27.9 Å². The molecule has 1 unspecified atom stereocenters. The highest BCUT2D eigenvalue weighted by Gasteiger charge is 2.41. The Morgan fingerprint density at radius 1 is 1.15 bits per heavy atom. The highest BCUT2D eigenvalue weighted by molar-refractivity contribution is 8.26. The molecule has 5 nitrogen and oxygen atoms in total. The van der Waals surface area contributed by atoms with Gasteiger partial charge in [-0.25, -0.2) is 4.79 Å². The number of carboxylic acids is 1. The number of carbonyl (C=O) groups is 2. The van der Waals surface area contributed by atoms with Crippen LogP contribution in [0.4, 0.5) is 13.2 Å². The van der Waals surface area contributed by atoms with E-state index in [1.54, 1.807) is 30.3 Å². The zero-order chi connectivity index (χ0) is 24.6. The minimum absolute atomic E-state index is 0.0405. The highest BCUT2D eigenvalue weighted by atomic mass is 35.5. The van der Waals surface area contributed by atoms with Gasteiger partial charge in [-0.15, -0.1) is 0 Å². The molecule has 0 saturated carbocycles. The molecule has 1 fully saturated rings. The molecule has 0 spiro atoms. The molecule has 0 radical (unpaired) electrons. The van der Waals surface area contributed by atoms with Crippen molar-refractivity contribution in [3.63, 3.8) is 0 Å². The number of benzene rings is 2. The number of carboxylic acid groups (broad SMARTS) is 1. The van der Waals surface area contributed by atoms with Gasteiger partial charge in [-0.3, -0.25) is 9.69 Å². The van der Waals surface area contributed by atoms with Crippen molar-refractivity contribution in [1.29, 1.82) is 0 Å². The molecule has 2 heterocycles. The van der Waals surface area contributed by atoms with Crippen molar-refractivity contribution >= 4 is 57.9 Å². The van der Waals surface area contributed by atoms with E-state index < -0.39 is 29.7 Å². The Labute approximate surface area is 205 Å². The number of hydrogen-bond acceptors (Lipinski definition) is 5. The number of amides is 1. The first-order valence-electron chi connectivity index (χ1n) is 9.58. The third-order valence-corrected chi connectivity index (χ3v) is 6.55. The minimum atomic E-state index is -4.55. The van der Waals surface area contributed by atoms with E-state index in [2.05, 4.69) is 0 Å². The zero-order valence-electron chi connectivity index (χ0n) is 16.9. The molecule has 1 saturated heterocycles. The maximum atomic E-state index is 13.1. The molecule has 0 bridgehead atoms. The molecular weight excluding hydrogens is 511 g/mol. The van der Waals surface area contributed by atoms with Crippen LogP contribution in [0.2, 0.25) is 5.02 Å². The van der Waals surface area contributed by atoms with Crippen LogP contribution in [0.3, 0.4) is 0 Å². The van der Waals surface area contributed by atoms with Crippen molar-refractivity contribution in [1.82, 2.24) is 4.90 Å². The predicted octanol–water partition coefficient (Wildman–Crippen LogP) is 6.65. The summed E-state index contributed by atoms with van der Waals surface area (Å²) in [6.45, 7) is 0. The quantitative estimate of drug-likeness (QED) is 0.298. The molecular formula is C23H13ClF3NO4S2. The minimum Gasteiger partial charge on any atom is -0.479 e. The fourth-order valence-corrected chi connectivity index (χ4v) is 4.84. The van der Waals surface area contributed by atoms with E-state index in [0.29, 0.717) is 5.56 Å². The van der Waals surface area contributed by atoms with Gasteiger partial charge in [-0.05, 0) is 35.9 Å². The Morgan fingerprint density at radius 3 is 2.50 bits per heavy atom. The molecule has 4 rings (SSSR count). The third kappa shape index (κ3) is 4.75. The number of thiocarbonyl (C=S) groups is 1. The van der Waals surface area contributed by atoms with Gasteiger partial charge >= 0.3 is 12.1 Å². The van der Waals surface area contributed by atoms with Crippen LogP contribution in [-0.4, -0.2) is 26.2 Å². The van der Waals surface area contributed by atoms with Crippen molar-refractivity contribution in [2.24, 2.45) is 0 Å². The van der Waals surface area contributed by atoms with Gasteiger partial charge < -0.3 is 9.52 Å². The second-order valence-electron chi connectivity index (χ2n) is 7.10. The van der Waals surface area contributed by atoms with E-state index in [1.807, 2.05) is 0 Å². The summed E-state index contributed by atoms with van der Waals surface area (Å²) in [7, 11) is 0. The van der Waals surface area contributed by atoms with Crippen molar-refractivity contribution in [3.05, 3.63) is 87.5 Å².